The lowest BCUT2D eigenvalue weighted by Crippen LogP contribution is -2.34. The molecule has 3 N–H and O–H groups in total. The molecule has 0 saturated carbocycles. The zero-order chi connectivity index (χ0) is 19.4. The van der Waals surface area contributed by atoms with Crippen LogP contribution in [0.1, 0.15) is 11.3 Å². The van der Waals surface area contributed by atoms with Gasteiger partial charge in [-0.15, -0.1) is 0 Å². The fourth-order valence-electron chi connectivity index (χ4n) is 2.84. The highest BCUT2D eigenvalue weighted by atomic mass is 19.1. The number of aromatic nitrogens is 3. The van der Waals surface area contributed by atoms with Gasteiger partial charge in [0.15, 0.2) is 5.78 Å². The van der Waals surface area contributed by atoms with Crippen LogP contribution < -0.4 is 11.1 Å². The van der Waals surface area contributed by atoms with E-state index in [0.29, 0.717) is 6.42 Å². The van der Waals surface area contributed by atoms with E-state index in [1.807, 2.05) is 18.2 Å². The molecular weight excluding hydrogens is 345 g/mol. The van der Waals surface area contributed by atoms with E-state index >= 15 is 0 Å². The van der Waals surface area contributed by atoms with Crippen molar-refractivity contribution in [3.05, 3.63) is 65.7 Å². The van der Waals surface area contributed by atoms with E-state index in [2.05, 4.69) is 15.4 Å². The minimum atomic E-state index is -0.648. The van der Waals surface area contributed by atoms with E-state index in [0.717, 1.165) is 28.3 Å². The fraction of sp³-hybridized carbons (Fsp3) is 0.250. The molecule has 0 amide bonds. The van der Waals surface area contributed by atoms with Gasteiger partial charge >= 0.3 is 0 Å². The molecule has 0 fully saturated rings. The van der Waals surface area contributed by atoms with Gasteiger partial charge in [-0.05, 0) is 42.3 Å². The number of nitrogens with two attached hydrogens (primary N) is 1. The van der Waals surface area contributed by atoms with E-state index in [-0.39, 0.29) is 18.0 Å². The summed E-state index contributed by atoms with van der Waals surface area (Å²) in [4.78, 5) is 16.7. The number of Topliss-reactive ketones (excluding diaryl/α,β-unsaturated/α-hetero) is 1. The molecular formula is C20H22FN5O. The van der Waals surface area contributed by atoms with Crippen molar-refractivity contribution in [2.75, 3.05) is 12.4 Å². The Hall–Kier alpha value is -3.06. The molecule has 1 aromatic carbocycles. The summed E-state index contributed by atoms with van der Waals surface area (Å²) in [7, 11) is 3.61. The van der Waals surface area contributed by atoms with Crippen LogP contribution in [0.25, 0.3) is 11.3 Å². The summed E-state index contributed by atoms with van der Waals surface area (Å²) >= 11 is 0. The van der Waals surface area contributed by atoms with Crippen LogP contribution in [0.2, 0.25) is 0 Å². The predicted molar refractivity (Wildman–Crippen MR) is 103 cm³/mol. The highest BCUT2D eigenvalue weighted by Crippen LogP contribution is 2.21. The number of anilines is 1. The summed E-state index contributed by atoms with van der Waals surface area (Å²) in [6.07, 6.45) is 2.27. The van der Waals surface area contributed by atoms with Gasteiger partial charge in [0, 0.05) is 31.5 Å². The van der Waals surface area contributed by atoms with E-state index in [4.69, 9.17) is 5.73 Å². The Labute approximate surface area is 157 Å². The van der Waals surface area contributed by atoms with E-state index < -0.39 is 6.04 Å². The number of benzene rings is 1. The van der Waals surface area contributed by atoms with E-state index in [1.165, 1.54) is 12.1 Å². The molecule has 2 aromatic heterocycles. The van der Waals surface area contributed by atoms with Crippen LogP contribution in [0.3, 0.4) is 0 Å². The second-order valence-electron chi connectivity index (χ2n) is 6.40. The first kappa shape index (κ1) is 18.7. The minimum Gasteiger partial charge on any atom is -0.373 e. The predicted octanol–water partition coefficient (Wildman–Crippen LogP) is 2.34. The van der Waals surface area contributed by atoms with Crippen LogP contribution in [0.4, 0.5) is 10.2 Å². The number of carbonyl (C=O) groups excluding carboxylic acids is 1. The first-order chi connectivity index (χ1) is 13.0. The quantitative estimate of drug-likeness (QED) is 0.669. The Bertz CT molecular complexity index is 936. The molecule has 0 radical (unpaired) electrons. The number of hydrogen-bond acceptors (Lipinski definition) is 5. The number of hydrogen-bond donors (Lipinski definition) is 2. The zero-order valence-electron chi connectivity index (χ0n) is 15.3. The number of nitrogens with zero attached hydrogens (tertiary/aromatic N) is 3. The molecule has 7 heteroatoms. The van der Waals surface area contributed by atoms with Crippen molar-refractivity contribution < 1.29 is 9.18 Å². The molecule has 27 heavy (non-hydrogen) atoms. The summed E-state index contributed by atoms with van der Waals surface area (Å²) in [6.45, 7) is 0. The minimum absolute atomic E-state index is 0.0838. The number of aryl methyl sites for hydroxylation is 1. The second kappa shape index (κ2) is 8.09. The summed E-state index contributed by atoms with van der Waals surface area (Å²) in [5.74, 6) is 0.357. The number of nitrogens with one attached hydrogen (secondary N) is 1. The largest absolute Gasteiger partial charge is 0.373 e. The smallest absolute Gasteiger partial charge is 0.155 e. The number of carbonyl (C=O) groups is 1. The summed E-state index contributed by atoms with van der Waals surface area (Å²) in [5, 5.41) is 7.48. The van der Waals surface area contributed by atoms with Crippen LogP contribution >= 0.6 is 0 Å². The van der Waals surface area contributed by atoms with Gasteiger partial charge in [-0.25, -0.2) is 9.37 Å². The molecule has 6 nitrogen and oxygen atoms in total. The molecule has 0 unspecified atom stereocenters. The van der Waals surface area contributed by atoms with Gasteiger partial charge in [-0.3, -0.25) is 9.48 Å². The SMILES string of the molecule is CNc1cc(-c2cc(CC(=O)[C@@H](N)Cc3ccc(F)cc3)n(C)n2)ccn1. The maximum absolute atomic E-state index is 13.0. The standard InChI is InChI=1S/C20H22FN5O/c1-23-20-10-14(7-8-24-20)18-11-16(26(2)25-18)12-19(27)17(22)9-13-3-5-15(21)6-4-13/h3-8,10-11,17H,9,12,22H2,1-2H3,(H,23,24)/t17-/m0/s1. The Morgan fingerprint density at radius 1 is 1.26 bits per heavy atom. The molecule has 0 saturated heterocycles. The molecule has 2 heterocycles. The molecule has 0 aliphatic heterocycles. The van der Waals surface area contributed by atoms with Gasteiger partial charge in [-0.2, -0.15) is 5.10 Å². The normalized spacial score (nSPS) is 12.0. The Kier molecular flexibility index (Phi) is 5.61. The van der Waals surface area contributed by atoms with Crippen molar-refractivity contribution in [2.24, 2.45) is 12.8 Å². The van der Waals surface area contributed by atoms with Crippen molar-refractivity contribution in [2.45, 2.75) is 18.9 Å². The summed E-state index contributed by atoms with van der Waals surface area (Å²) in [6, 6.07) is 11.0. The molecule has 3 rings (SSSR count). The molecule has 0 spiro atoms. The number of rotatable bonds is 7. The zero-order valence-corrected chi connectivity index (χ0v) is 15.3. The topological polar surface area (TPSA) is 85.8 Å². The van der Waals surface area contributed by atoms with Crippen molar-refractivity contribution in [1.82, 2.24) is 14.8 Å². The lowest BCUT2D eigenvalue weighted by atomic mass is 10.00. The van der Waals surface area contributed by atoms with E-state index in [1.54, 1.807) is 37.1 Å². The molecule has 140 valence electrons. The van der Waals surface area contributed by atoms with Gasteiger partial charge < -0.3 is 11.1 Å². The first-order valence-corrected chi connectivity index (χ1v) is 8.66. The fourth-order valence-corrected chi connectivity index (χ4v) is 2.84. The highest BCUT2D eigenvalue weighted by Gasteiger charge is 2.18. The molecule has 0 aliphatic rings. The van der Waals surface area contributed by atoms with Crippen LogP contribution in [-0.4, -0.2) is 33.6 Å². The third-order valence-corrected chi connectivity index (χ3v) is 4.43. The van der Waals surface area contributed by atoms with Crippen molar-refractivity contribution in [1.29, 1.82) is 0 Å². The number of halogens is 1. The Balaban J connectivity index is 1.70. The van der Waals surface area contributed by atoms with Gasteiger partial charge in [-0.1, -0.05) is 12.1 Å². The molecule has 0 bridgehead atoms. The van der Waals surface area contributed by atoms with Crippen LogP contribution in [0.15, 0.2) is 48.7 Å². The lowest BCUT2D eigenvalue weighted by molar-refractivity contribution is -0.119. The highest BCUT2D eigenvalue weighted by molar-refractivity contribution is 5.86. The van der Waals surface area contributed by atoms with Crippen molar-refractivity contribution in [3.63, 3.8) is 0 Å². The maximum atomic E-state index is 13.0. The van der Waals surface area contributed by atoms with Crippen LogP contribution in [-0.2, 0) is 24.7 Å². The van der Waals surface area contributed by atoms with Gasteiger partial charge in [0.05, 0.1) is 18.2 Å². The Morgan fingerprint density at radius 3 is 2.70 bits per heavy atom. The molecule has 0 aliphatic carbocycles. The van der Waals surface area contributed by atoms with Gasteiger partial charge in [0.25, 0.3) is 0 Å². The number of ketones is 1. The average Bonchev–Trinajstić information content (AvgIpc) is 3.04. The third-order valence-electron chi connectivity index (χ3n) is 4.43. The van der Waals surface area contributed by atoms with Gasteiger partial charge in [0.2, 0.25) is 0 Å². The van der Waals surface area contributed by atoms with Crippen molar-refractivity contribution >= 4 is 11.6 Å². The monoisotopic (exact) mass is 367 g/mol. The van der Waals surface area contributed by atoms with E-state index in [9.17, 15) is 9.18 Å². The Morgan fingerprint density at radius 2 is 2.00 bits per heavy atom. The third kappa shape index (κ3) is 4.57. The average molecular weight is 367 g/mol. The number of pyridine rings is 1. The molecule has 1 atom stereocenters. The first-order valence-electron chi connectivity index (χ1n) is 8.66. The second-order valence-corrected chi connectivity index (χ2v) is 6.40. The lowest BCUT2D eigenvalue weighted by Gasteiger charge is -2.10. The van der Waals surface area contributed by atoms with Crippen LogP contribution in [0.5, 0.6) is 0 Å². The summed E-state index contributed by atoms with van der Waals surface area (Å²) in [5.41, 5.74) is 9.35. The van der Waals surface area contributed by atoms with Crippen LogP contribution in [0, 0.1) is 5.82 Å². The van der Waals surface area contributed by atoms with Gasteiger partial charge in [0.1, 0.15) is 11.6 Å². The van der Waals surface area contributed by atoms with Crippen molar-refractivity contribution in [3.8, 4) is 11.3 Å². The maximum Gasteiger partial charge on any atom is 0.155 e. The summed E-state index contributed by atoms with van der Waals surface area (Å²) < 4.78 is 14.7. The molecule has 3 aromatic rings.